The van der Waals surface area contributed by atoms with Crippen molar-refractivity contribution in [2.45, 2.75) is 36.6 Å². The van der Waals surface area contributed by atoms with Crippen LogP contribution in [0.4, 0.5) is 0 Å². The molecule has 1 N–H and O–H groups in total. The van der Waals surface area contributed by atoms with Crippen molar-refractivity contribution >= 4 is 10.0 Å². The minimum absolute atomic E-state index is 0.160. The zero-order chi connectivity index (χ0) is 13.7. The first-order valence-electron chi connectivity index (χ1n) is 7.50. The van der Waals surface area contributed by atoms with Crippen molar-refractivity contribution in [1.82, 2.24) is 9.62 Å². The standard InChI is InChI=1S/C15H20N2O2S/c18-20(19,17-7-6-13-9-16-10-15(13)17)14-5-4-11-2-1-3-12(11)8-14/h4-5,8,13,15-16H,1-3,6-7,9-10H2/t13-,15+/m0/s1. The molecule has 2 heterocycles. The quantitative estimate of drug-likeness (QED) is 0.890. The second kappa shape index (κ2) is 4.55. The molecule has 2 aliphatic heterocycles. The number of benzene rings is 1. The number of aryl methyl sites for hydroxylation is 2. The summed E-state index contributed by atoms with van der Waals surface area (Å²) < 4.78 is 27.5. The molecule has 2 fully saturated rings. The lowest BCUT2D eigenvalue weighted by molar-refractivity contribution is 0.383. The zero-order valence-electron chi connectivity index (χ0n) is 11.5. The molecule has 0 spiro atoms. The maximum atomic E-state index is 12.9. The molecule has 3 aliphatic rings. The monoisotopic (exact) mass is 292 g/mol. The number of sulfonamides is 1. The average Bonchev–Trinajstić information content (AvgIpc) is 3.13. The van der Waals surface area contributed by atoms with Crippen LogP contribution in [0.2, 0.25) is 0 Å². The van der Waals surface area contributed by atoms with Gasteiger partial charge in [-0.2, -0.15) is 4.31 Å². The van der Waals surface area contributed by atoms with E-state index in [1.165, 1.54) is 11.1 Å². The second-order valence-electron chi connectivity index (χ2n) is 6.17. The highest BCUT2D eigenvalue weighted by Crippen LogP contribution is 2.33. The van der Waals surface area contributed by atoms with E-state index in [1.807, 2.05) is 12.1 Å². The summed E-state index contributed by atoms with van der Waals surface area (Å²) in [5.74, 6) is 0.499. The highest BCUT2D eigenvalue weighted by atomic mass is 32.2. The number of hydrogen-bond acceptors (Lipinski definition) is 3. The molecule has 4 rings (SSSR count). The lowest BCUT2D eigenvalue weighted by Gasteiger charge is -2.23. The van der Waals surface area contributed by atoms with Gasteiger partial charge in [0.05, 0.1) is 4.90 Å². The molecule has 0 amide bonds. The third-order valence-corrected chi connectivity index (χ3v) is 6.99. The molecular weight excluding hydrogens is 272 g/mol. The summed E-state index contributed by atoms with van der Waals surface area (Å²) in [6.45, 7) is 2.44. The molecular formula is C15H20N2O2S. The van der Waals surface area contributed by atoms with Gasteiger partial charge in [0.25, 0.3) is 0 Å². The third kappa shape index (κ3) is 1.84. The van der Waals surface area contributed by atoms with E-state index in [0.29, 0.717) is 17.4 Å². The van der Waals surface area contributed by atoms with Gasteiger partial charge in [-0.05, 0) is 61.4 Å². The Morgan fingerprint density at radius 2 is 2.00 bits per heavy atom. The van der Waals surface area contributed by atoms with Crippen molar-refractivity contribution in [2.24, 2.45) is 5.92 Å². The van der Waals surface area contributed by atoms with Crippen LogP contribution < -0.4 is 5.32 Å². The smallest absolute Gasteiger partial charge is 0.243 e. The summed E-state index contributed by atoms with van der Waals surface area (Å²) in [6, 6.07) is 5.88. The van der Waals surface area contributed by atoms with Gasteiger partial charge < -0.3 is 5.32 Å². The van der Waals surface area contributed by atoms with Gasteiger partial charge in [-0.25, -0.2) is 8.42 Å². The van der Waals surface area contributed by atoms with Crippen LogP contribution in [0, 0.1) is 5.92 Å². The van der Waals surface area contributed by atoms with E-state index >= 15 is 0 Å². The largest absolute Gasteiger partial charge is 0.315 e. The fourth-order valence-corrected chi connectivity index (χ4v) is 5.70. The Morgan fingerprint density at radius 3 is 2.90 bits per heavy atom. The van der Waals surface area contributed by atoms with Gasteiger partial charge in [0, 0.05) is 19.1 Å². The Kier molecular flexibility index (Phi) is 2.91. The summed E-state index contributed by atoms with van der Waals surface area (Å²) in [5, 5.41) is 3.31. The molecule has 2 atom stereocenters. The van der Waals surface area contributed by atoms with Crippen LogP contribution in [-0.4, -0.2) is 38.4 Å². The molecule has 108 valence electrons. The van der Waals surface area contributed by atoms with E-state index in [-0.39, 0.29) is 6.04 Å². The highest BCUT2D eigenvalue weighted by molar-refractivity contribution is 7.89. The van der Waals surface area contributed by atoms with E-state index < -0.39 is 10.0 Å². The highest BCUT2D eigenvalue weighted by Gasteiger charge is 2.43. The Balaban J connectivity index is 1.70. The summed E-state index contributed by atoms with van der Waals surface area (Å²) in [5.41, 5.74) is 2.55. The normalized spacial score (nSPS) is 29.6. The summed E-state index contributed by atoms with van der Waals surface area (Å²) in [4.78, 5) is 0.491. The van der Waals surface area contributed by atoms with Crippen LogP contribution in [-0.2, 0) is 22.9 Å². The van der Waals surface area contributed by atoms with Gasteiger partial charge in [-0.15, -0.1) is 0 Å². The molecule has 1 aromatic carbocycles. The Bertz CT molecular complexity index is 641. The number of nitrogens with one attached hydrogen (secondary N) is 1. The molecule has 20 heavy (non-hydrogen) atoms. The van der Waals surface area contributed by atoms with Crippen molar-refractivity contribution in [3.63, 3.8) is 0 Å². The van der Waals surface area contributed by atoms with E-state index in [1.54, 1.807) is 10.4 Å². The van der Waals surface area contributed by atoms with Crippen LogP contribution in [0.5, 0.6) is 0 Å². The predicted molar refractivity (Wildman–Crippen MR) is 77.1 cm³/mol. The summed E-state index contributed by atoms with van der Waals surface area (Å²) >= 11 is 0. The molecule has 1 aromatic rings. The van der Waals surface area contributed by atoms with Gasteiger partial charge in [0.15, 0.2) is 0 Å². The zero-order valence-corrected chi connectivity index (χ0v) is 12.3. The van der Waals surface area contributed by atoms with Gasteiger partial charge in [-0.3, -0.25) is 0 Å². The van der Waals surface area contributed by atoms with Gasteiger partial charge >= 0.3 is 0 Å². The van der Waals surface area contributed by atoms with E-state index in [9.17, 15) is 8.42 Å². The average molecular weight is 292 g/mol. The van der Waals surface area contributed by atoms with Gasteiger partial charge in [0.1, 0.15) is 0 Å². The van der Waals surface area contributed by atoms with Crippen molar-refractivity contribution in [1.29, 1.82) is 0 Å². The SMILES string of the molecule is O=S(=O)(c1ccc2c(c1)CCC2)N1CC[C@H]2CNC[C@H]21. The predicted octanol–water partition coefficient (Wildman–Crippen LogP) is 1.16. The molecule has 0 unspecified atom stereocenters. The van der Waals surface area contributed by atoms with Crippen LogP contribution in [0.25, 0.3) is 0 Å². The van der Waals surface area contributed by atoms with E-state index in [4.69, 9.17) is 0 Å². The third-order valence-electron chi connectivity index (χ3n) is 5.07. The van der Waals surface area contributed by atoms with Gasteiger partial charge in [-0.1, -0.05) is 6.07 Å². The topological polar surface area (TPSA) is 49.4 Å². The molecule has 0 aromatic heterocycles. The van der Waals surface area contributed by atoms with E-state index in [0.717, 1.165) is 38.8 Å². The van der Waals surface area contributed by atoms with Crippen LogP contribution in [0.3, 0.4) is 0 Å². The summed E-state index contributed by atoms with van der Waals surface area (Å²) in [6.07, 6.45) is 4.25. The number of rotatable bonds is 2. The lowest BCUT2D eigenvalue weighted by atomic mass is 10.1. The lowest BCUT2D eigenvalue weighted by Crippen LogP contribution is -2.39. The van der Waals surface area contributed by atoms with Crippen molar-refractivity contribution in [2.75, 3.05) is 19.6 Å². The van der Waals surface area contributed by atoms with Crippen molar-refractivity contribution < 1.29 is 8.42 Å². The van der Waals surface area contributed by atoms with Crippen LogP contribution in [0.15, 0.2) is 23.1 Å². The van der Waals surface area contributed by atoms with Crippen LogP contribution in [0.1, 0.15) is 24.0 Å². The molecule has 0 bridgehead atoms. The Hall–Kier alpha value is -0.910. The second-order valence-corrected chi connectivity index (χ2v) is 8.06. The Labute approximate surface area is 120 Å². The fraction of sp³-hybridized carbons (Fsp3) is 0.600. The molecule has 5 heteroatoms. The Morgan fingerprint density at radius 1 is 1.15 bits per heavy atom. The van der Waals surface area contributed by atoms with Crippen molar-refractivity contribution in [3.8, 4) is 0 Å². The van der Waals surface area contributed by atoms with Crippen LogP contribution >= 0.6 is 0 Å². The molecule has 2 saturated heterocycles. The molecule has 0 saturated carbocycles. The van der Waals surface area contributed by atoms with E-state index in [2.05, 4.69) is 5.32 Å². The molecule has 4 nitrogen and oxygen atoms in total. The summed E-state index contributed by atoms with van der Waals surface area (Å²) in [7, 11) is -3.32. The minimum Gasteiger partial charge on any atom is -0.315 e. The maximum absolute atomic E-state index is 12.9. The fourth-order valence-electron chi connectivity index (χ4n) is 3.95. The first kappa shape index (κ1) is 12.8. The first-order valence-corrected chi connectivity index (χ1v) is 8.94. The van der Waals surface area contributed by atoms with Gasteiger partial charge in [0.2, 0.25) is 10.0 Å². The number of fused-ring (bicyclic) bond motifs is 2. The number of nitrogens with zero attached hydrogens (tertiary/aromatic N) is 1. The molecule has 1 aliphatic carbocycles. The molecule has 0 radical (unpaired) electrons. The van der Waals surface area contributed by atoms with Crippen molar-refractivity contribution in [3.05, 3.63) is 29.3 Å². The first-order chi connectivity index (χ1) is 9.66. The minimum atomic E-state index is -3.32. The number of hydrogen-bond donors (Lipinski definition) is 1. The maximum Gasteiger partial charge on any atom is 0.243 e.